The Hall–Kier alpha value is -3.22. The molecule has 0 saturated heterocycles. The van der Waals surface area contributed by atoms with Crippen LogP contribution in [0, 0.1) is 12.8 Å². The monoisotopic (exact) mass is 363 g/mol. The topological polar surface area (TPSA) is 81.9 Å². The highest BCUT2D eigenvalue weighted by molar-refractivity contribution is 5.92. The number of fused-ring (bicyclic) bond motifs is 1. The molecule has 3 aromatic rings. The number of anilines is 1. The molecular weight excluding hydrogens is 342 g/mol. The summed E-state index contributed by atoms with van der Waals surface area (Å²) in [7, 11) is 1.55. The molecule has 0 bridgehead atoms. The average molecular weight is 363 g/mol. The van der Waals surface area contributed by atoms with Gasteiger partial charge in [0.05, 0.1) is 13.0 Å². The molecule has 1 aliphatic heterocycles. The second-order valence-electron chi connectivity index (χ2n) is 6.73. The summed E-state index contributed by atoms with van der Waals surface area (Å²) in [5.74, 6) is 2.06. The fourth-order valence-corrected chi connectivity index (χ4v) is 3.38. The highest BCUT2D eigenvalue weighted by Gasteiger charge is 2.28. The number of amides is 1. The lowest BCUT2D eigenvalue weighted by atomic mass is 9.98. The smallest absolute Gasteiger partial charge is 0.229 e. The van der Waals surface area contributed by atoms with Crippen molar-refractivity contribution in [2.45, 2.75) is 26.3 Å². The molecule has 1 atom stereocenters. The zero-order chi connectivity index (χ0) is 18.8. The first-order valence-electron chi connectivity index (χ1n) is 8.94. The number of ether oxygens (including phenoxy) is 1. The van der Waals surface area contributed by atoms with E-state index in [2.05, 4.69) is 44.1 Å². The Morgan fingerprint density at radius 1 is 1.26 bits per heavy atom. The summed E-state index contributed by atoms with van der Waals surface area (Å²) in [5.41, 5.74) is 2.87. The van der Waals surface area contributed by atoms with Gasteiger partial charge in [-0.1, -0.05) is 23.8 Å². The molecule has 7 heteroatoms. The highest BCUT2D eigenvalue weighted by Crippen LogP contribution is 2.27. The maximum absolute atomic E-state index is 12.8. The molecular formula is C20H21N5O2. The number of nitrogens with zero attached hydrogens (tertiary/aromatic N) is 4. The minimum Gasteiger partial charge on any atom is -0.481 e. The second-order valence-corrected chi connectivity index (χ2v) is 6.73. The quantitative estimate of drug-likeness (QED) is 0.771. The summed E-state index contributed by atoms with van der Waals surface area (Å²) >= 11 is 0. The summed E-state index contributed by atoms with van der Waals surface area (Å²) in [6, 6.07) is 11.6. The number of rotatable bonds is 4. The van der Waals surface area contributed by atoms with Crippen molar-refractivity contribution < 1.29 is 9.53 Å². The van der Waals surface area contributed by atoms with Gasteiger partial charge < -0.3 is 14.6 Å². The van der Waals surface area contributed by atoms with Crippen molar-refractivity contribution in [3.05, 3.63) is 54.0 Å². The predicted octanol–water partition coefficient (Wildman–Crippen LogP) is 2.86. The summed E-state index contributed by atoms with van der Waals surface area (Å²) in [6.45, 7) is 2.62. The van der Waals surface area contributed by atoms with E-state index in [9.17, 15) is 4.79 Å². The molecule has 1 aliphatic rings. The number of carbonyl (C=O) groups is 1. The van der Waals surface area contributed by atoms with Gasteiger partial charge in [0.2, 0.25) is 11.8 Å². The van der Waals surface area contributed by atoms with Gasteiger partial charge in [0.25, 0.3) is 0 Å². The van der Waals surface area contributed by atoms with Crippen molar-refractivity contribution >= 4 is 11.6 Å². The molecule has 0 aliphatic carbocycles. The van der Waals surface area contributed by atoms with Crippen LogP contribution >= 0.6 is 0 Å². The Labute approximate surface area is 157 Å². The van der Waals surface area contributed by atoms with Crippen molar-refractivity contribution in [2.24, 2.45) is 5.92 Å². The molecule has 4 rings (SSSR count). The fraction of sp³-hybridized carbons (Fsp3) is 0.300. The standard InChI is InChI=1S/C20H21N5O2/c1-13-4-3-5-14(10-13)19-24-23-17-7-6-15(12-25(17)19)20(26)22-16-8-9-21-18(11-16)27-2/h3-5,8-11,15H,6-7,12H2,1-2H3,(H,21,22,26). The molecule has 1 unspecified atom stereocenters. The van der Waals surface area contributed by atoms with Crippen LogP contribution in [0.2, 0.25) is 0 Å². The van der Waals surface area contributed by atoms with E-state index < -0.39 is 0 Å². The van der Waals surface area contributed by atoms with Gasteiger partial charge in [-0.05, 0) is 25.5 Å². The van der Waals surface area contributed by atoms with E-state index in [1.54, 1.807) is 25.4 Å². The first-order valence-corrected chi connectivity index (χ1v) is 8.94. The van der Waals surface area contributed by atoms with Crippen molar-refractivity contribution in [2.75, 3.05) is 12.4 Å². The van der Waals surface area contributed by atoms with E-state index in [-0.39, 0.29) is 11.8 Å². The Morgan fingerprint density at radius 3 is 2.96 bits per heavy atom. The van der Waals surface area contributed by atoms with E-state index in [1.165, 1.54) is 5.56 Å². The molecule has 3 heterocycles. The van der Waals surface area contributed by atoms with Gasteiger partial charge in [-0.15, -0.1) is 10.2 Å². The molecule has 27 heavy (non-hydrogen) atoms. The molecule has 0 spiro atoms. The van der Waals surface area contributed by atoms with Crippen LogP contribution in [0.25, 0.3) is 11.4 Å². The van der Waals surface area contributed by atoms with Gasteiger partial charge in [0.1, 0.15) is 5.82 Å². The summed E-state index contributed by atoms with van der Waals surface area (Å²) in [6.07, 6.45) is 3.10. The first-order chi connectivity index (χ1) is 13.1. The summed E-state index contributed by atoms with van der Waals surface area (Å²) in [5, 5.41) is 11.7. The van der Waals surface area contributed by atoms with Gasteiger partial charge in [-0.3, -0.25) is 4.79 Å². The summed E-state index contributed by atoms with van der Waals surface area (Å²) < 4.78 is 7.17. The Kier molecular flexibility index (Phi) is 4.58. The van der Waals surface area contributed by atoms with Crippen molar-refractivity contribution in [3.63, 3.8) is 0 Å². The third-order valence-corrected chi connectivity index (χ3v) is 4.81. The maximum atomic E-state index is 12.8. The lowest BCUT2D eigenvalue weighted by molar-refractivity contribution is -0.120. The summed E-state index contributed by atoms with van der Waals surface area (Å²) in [4.78, 5) is 16.8. The molecule has 7 nitrogen and oxygen atoms in total. The van der Waals surface area contributed by atoms with Crippen LogP contribution in [0.3, 0.4) is 0 Å². The van der Waals surface area contributed by atoms with Crippen molar-refractivity contribution in [3.8, 4) is 17.3 Å². The minimum atomic E-state index is -0.142. The van der Waals surface area contributed by atoms with E-state index in [4.69, 9.17) is 4.74 Å². The molecule has 1 amide bonds. The van der Waals surface area contributed by atoms with Gasteiger partial charge in [0.15, 0.2) is 5.82 Å². The van der Waals surface area contributed by atoms with Crippen LogP contribution in [0.15, 0.2) is 42.6 Å². The van der Waals surface area contributed by atoms with Crippen LogP contribution < -0.4 is 10.1 Å². The van der Waals surface area contributed by atoms with Crippen LogP contribution in [-0.2, 0) is 17.8 Å². The minimum absolute atomic E-state index is 0.0159. The van der Waals surface area contributed by atoms with E-state index in [1.807, 2.05) is 12.1 Å². The number of pyridine rings is 1. The number of carbonyl (C=O) groups excluding carboxylic acids is 1. The van der Waals surface area contributed by atoms with E-state index >= 15 is 0 Å². The number of nitrogens with one attached hydrogen (secondary N) is 1. The maximum Gasteiger partial charge on any atom is 0.229 e. The highest BCUT2D eigenvalue weighted by atomic mass is 16.5. The number of benzene rings is 1. The van der Waals surface area contributed by atoms with E-state index in [0.717, 1.165) is 30.1 Å². The second kappa shape index (κ2) is 7.19. The fourth-order valence-electron chi connectivity index (χ4n) is 3.38. The van der Waals surface area contributed by atoms with Crippen molar-refractivity contribution in [1.82, 2.24) is 19.7 Å². The molecule has 0 radical (unpaired) electrons. The Balaban J connectivity index is 1.54. The number of methoxy groups -OCH3 is 1. The van der Waals surface area contributed by atoms with E-state index in [0.29, 0.717) is 18.1 Å². The zero-order valence-electron chi connectivity index (χ0n) is 15.3. The number of hydrogen-bond donors (Lipinski definition) is 1. The van der Waals surface area contributed by atoms with Gasteiger partial charge in [-0.2, -0.15) is 0 Å². The largest absolute Gasteiger partial charge is 0.481 e. The lowest BCUT2D eigenvalue weighted by Gasteiger charge is -2.23. The van der Waals surface area contributed by atoms with Crippen LogP contribution in [-0.4, -0.2) is 32.8 Å². The average Bonchev–Trinajstić information content (AvgIpc) is 3.11. The molecule has 1 aromatic carbocycles. The molecule has 0 fully saturated rings. The molecule has 138 valence electrons. The lowest BCUT2D eigenvalue weighted by Crippen LogP contribution is -2.31. The van der Waals surface area contributed by atoms with Crippen LogP contribution in [0.1, 0.15) is 17.8 Å². The number of aromatic nitrogens is 4. The first kappa shape index (κ1) is 17.2. The zero-order valence-corrected chi connectivity index (χ0v) is 15.3. The third kappa shape index (κ3) is 3.53. The number of hydrogen-bond acceptors (Lipinski definition) is 5. The molecule has 0 saturated carbocycles. The normalized spacial score (nSPS) is 15.9. The molecule has 2 aromatic heterocycles. The van der Waals surface area contributed by atoms with Crippen LogP contribution in [0.5, 0.6) is 5.88 Å². The van der Waals surface area contributed by atoms with Gasteiger partial charge in [-0.25, -0.2) is 4.98 Å². The Bertz CT molecular complexity index is 982. The SMILES string of the molecule is COc1cc(NC(=O)C2CCc3nnc(-c4cccc(C)c4)n3C2)ccn1. The third-order valence-electron chi connectivity index (χ3n) is 4.81. The van der Waals surface area contributed by atoms with Crippen molar-refractivity contribution in [1.29, 1.82) is 0 Å². The molecule has 1 N–H and O–H groups in total. The van der Waals surface area contributed by atoms with Gasteiger partial charge in [0, 0.05) is 36.5 Å². The Morgan fingerprint density at radius 2 is 2.15 bits per heavy atom. The number of aryl methyl sites for hydroxylation is 2. The van der Waals surface area contributed by atoms with Gasteiger partial charge >= 0.3 is 0 Å². The van der Waals surface area contributed by atoms with Crippen LogP contribution in [0.4, 0.5) is 5.69 Å². The predicted molar refractivity (Wildman–Crippen MR) is 101 cm³/mol.